The van der Waals surface area contributed by atoms with E-state index in [0.717, 1.165) is 11.0 Å². The number of carbonyl (C=O) groups is 2. The molecule has 11 nitrogen and oxygen atoms in total. The van der Waals surface area contributed by atoms with Gasteiger partial charge in [0.05, 0.1) is 26.3 Å². The van der Waals surface area contributed by atoms with Gasteiger partial charge in [-0.25, -0.2) is 4.90 Å². The van der Waals surface area contributed by atoms with E-state index in [9.17, 15) is 19.7 Å². The van der Waals surface area contributed by atoms with Crippen molar-refractivity contribution in [3.05, 3.63) is 52.1 Å². The van der Waals surface area contributed by atoms with Gasteiger partial charge in [-0.05, 0) is 24.3 Å². The molecular formula is C20H17N3O8. The summed E-state index contributed by atoms with van der Waals surface area (Å²) >= 11 is 0. The fourth-order valence-electron chi connectivity index (χ4n) is 3.62. The van der Waals surface area contributed by atoms with Crippen molar-refractivity contribution in [2.45, 2.75) is 6.10 Å². The second kappa shape index (κ2) is 7.59. The minimum absolute atomic E-state index is 0.0311. The molecule has 2 aliphatic heterocycles. The fourth-order valence-corrected chi connectivity index (χ4v) is 3.62. The van der Waals surface area contributed by atoms with Crippen molar-refractivity contribution in [1.29, 1.82) is 0 Å². The topological polar surface area (TPSA) is 130 Å². The molecular weight excluding hydrogens is 410 g/mol. The van der Waals surface area contributed by atoms with Crippen LogP contribution in [0.3, 0.4) is 0 Å². The number of ether oxygens (including phenoxy) is 3. The van der Waals surface area contributed by atoms with Crippen LogP contribution in [-0.2, 0) is 14.4 Å². The Morgan fingerprint density at radius 1 is 0.968 bits per heavy atom. The van der Waals surface area contributed by atoms with Gasteiger partial charge in [0.15, 0.2) is 11.5 Å². The van der Waals surface area contributed by atoms with Crippen LogP contribution < -0.4 is 19.1 Å². The van der Waals surface area contributed by atoms with Gasteiger partial charge in [0.25, 0.3) is 11.6 Å². The van der Waals surface area contributed by atoms with Gasteiger partial charge in [0, 0.05) is 17.7 Å². The standard InChI is InChI=1S/C20H17N3O8/c1-28-13-7-5-11(23(26)27)9-12(13)22-19(24)16-17(21-31-18(16)20(22)25)10-4-6-14(29-2)15(8-10)30-3/h4-9,16,18H,1-3H3/t16-,18-/m1/s1. The molecule has 0 N–H and O–H groups in total. The Morgan fingerprint density at radius 2 is 1.65 bits per heavy atom. The first-order valence-corrected chi connectivity index (χ1v) is 9.07. The predicted octanol–water partition coefficient (Wildman–Crippen LogP) is 1.91. The maximum Gasteiger partial charge on any atom is 0.279 e. The van der Waals surface area contributed by atoms with Crippen LogP contribution in [0.1, 0.15) is 5.56 Å². The molecule has 2 aliphatic rings. The third-order valence-electron chi connectivity index (χ3n) is 5.11. The number of hydrogen-bond acceptors (Lipinski definition) is 9. The summed E-state index contributed by atoms with van der Waals surface area (Å²) in [5.74, 6) is -1.29. The molecule has 2 aromatic carbocycles. The molecule has 31 heavy (non-hydrogen) atoms. The summed E-state index contributed by atoms with van der Waals surface area (Å²) in [7, 11) is 4.30. The molecule has 2 heterocycles. The SMILES string of the molecule is COc1ccc(C2=NO[C@H]3C(=O)N(c4cc([N+](=O)[O-])ccc4OC)C(=O)[C@H]23)cc1OC. The monoisotopic (exact) mass is 427 g/mol. The van der Waals surface area contributed by atoms with Gasteiger partial charge < -0.3 is 19.0 Å². The van der Waals surface area contributed by atoms with Crippen molar-refractivity contribution in [1.82, 2.24) is 0 Å². The molecule has 1 saturated heterocycles. The zero-order valence-corrected chi connectivity index (χ0v) is 16.7. The third kappa shape index (κ3) is 3.10. The maximum absolute atomic E-state index is 13.3. The van der Waals surface area contributed by atoms with E-state index in [1.807, 2.05) is 0 Å². The minimum atomic E-state index is -1.18. The number of methoxy groups -OCH3 is 3. The first-order valence-electron chi connectivity index (χ1n) is 9.07. The summed E-state index contributed by atoms with van der Waals surface area (Å²) in [6.07, 6.45) is -1.18. The molecule has 0 radical (unpaired) electrons. The minimum Gasteiger partial charge on any atom is -0.495 e. The highest BCUT2D eigenvalue weighted by Crippen LogP contribution is 2.41. The van der Waals surface area contributed by atoms with E-state index in [1.165, 1.54) is 33.5 Å². The molecule has 2 atom stereocenters. The van der Waals surface area contributed by atoms with E-state index in [1.54, 1.807) is 18.2 Å². The molecule has 11 heteroatoms. The molecule has 0 saturated carbocycles. The lowest BCUT2D eigenvalue weighted by Crippen LogP contribution is -2.33. The predicted molar refractivity (Wildman–Crippen MR) is 107 cm³/mol. The molecule has 4 rings (SSSR count). The molecule has 2 aromatic rings. The van der Waals surface area contributed by atoms with Gasteiger partial charge >= 0.3 is 0 Å². The number of hydrogen-bond donors (Lipinski definition) is 0. The number of imide groups is 1. The Hall–Kier alpha value is -4.15. The summed E-state index contributed by atoms with van der Waals surface area (Å²) < 4.78 is 15.7. The first-order chi connectivity index (χ1) is 14.9. The highest BCUT2D eigenvalue weighted by atomic mass is 16.7. The Morgan fingerprint density at radius 3 is 2.29 bits per heavy atom. The van der Waals surface area contributed by atoms with Crippen molar-refractivity contribution >= 4 is 28.9 Å². The van der Waals surface area contributed by atoms with Crippen LogP contribution in [0.5, 0.6) is 17.2 Å². The van der Waals surface area contributed by atoms with E-state index < -0.39 is 28.8 Å². The average Bonchev–Trinajstić information content (AvgIpc) is 3.32. The average molecular weight is 427 g/mol. The summed E-state index contributed by atoms with van der Waals surface area (Å²) in [6, 6.07) is 8.60. The third-order valence-corrected chi connectivity index (χ3v) is 5.11. The molecule has 0 aromatic heterocycles. The van der Waals surface area contributed by atoms with Crippen LogP contribution in [0.4, 0.5) is 11.4 Å². The first kappa shape index (κ1) is 20.1. The smallest absolute Gasteiger partial charge is 0.279 e. The Labute approximate surface area is 175 Å². The van der Waals surface area contributed by atoms with Crippen LogP contribution in [0.2, 0.25) is 0 Å². The number of benzene rings is 2. The van der Waals surface area contributed by atoms with Crippen molar-refractivity contribution in [3.8, 4) is 17.2 Å². The highest BCUT2D eigenvalue weighted by Gasteiger charge is 2.56. The van der Waals surface area contributed by atoms with Gasteiger partial charge in [-0.2, -0.15) is 0 Å². The normalized spacial score (nSPS) is 19.6. The number of nitro benzene ring substituents is 1. The summed E-state index contributed by atoms with van der Waals surface area (Å²) in [4.78, 5) is 43.0. The lowest BCUT2D eigenvalue weighted by molar-refractivity contribution is -0.384. The van der Waals surface area contributed by atoms with Crippen LogP contribution in [-0.4, -0.2) is 49.9 Å². The van der Waals surface area contributed by atoms with E-state index in [-0.39, 0.29) is 22.8 Å². The van der Waals surface area contributed by atoms with Gasteiger partial charge in [-0.1, -0.05) is 5.16 Å². The Kier molecular flexibility index (Phi) is 4.93. The van der Waals surface area contributed by atoms with Crippen LogP contribution in [0, 0.1) is 16.0 Å². The molecule has 2 amide bonds. The number of non-ortho nitro benzene ring substituents is 1. The molecule has 0 unspecified atom stereocenters. The number of oxime groups is 1. The van der Waals surface area contributed by atoms with E-state index >= 15 is 0 Å². The number of nitrogens with zero attached hydrogens (tertiary/aromatic N) is 3. The summed E-state index contributed by atoms with van der Waals surface area (Å²) in [6.45, 7) is 0. The number of rotatable bonds is 6. The van der Waals surface area contributed by atoms with Crippen molar-refractivity contribution < 1.29 is 33.6 Å². The quantitative estimate of drug-likeness (QED) is 0.388. The van der Waals surface area contributed by atoms with Gasteiger partial charge in [-0.3, -0.25) is 19.7 Å². The van der Waals surface area contributed by atoms with E-state index in [0.29, 0.717) is 17.1 Å². The molecule has 160 valence electrons. The summed E-state index contributed by atoms with van der Waals surface area (Å²) in [5, 5.41) is 15.1. The lowest BCUT2D eigenvalue weighted by Gasteiger charge is -2.18. The van der Waals surface area contributed by atoms with Crippen LogP contribution in [0.15, 0.2) is 41.6 Å². The number of fused-ring (bicyclic) bond motifs is 1. The van der Waals surface area contributed by atoms with E-state index in [4.69, 9.17) is 19.0 Å². The lowest BCUT2D eigenvalue weighted by atomic mass is 9.94. The number of amides is 2. The van der Waals surface area contributed by atoms with Crippen LogP contribution >= 0.6 is 0 Å². The molecule has 0 bridgehead atoms. The van der Waals surface area contributed by atoms with Gasteiger partial charge in [0.2, 0.25) is 12.0 Å². The second-order valence-corrected chi connectivity index (χ2v) is 6.68. The van der Waals surface area contributed by atoms with E-state index in [2.05, 4.69) is 5.16 Å². The van der Waals surface area contributed by atoms with Gasteiger partial charge in [0.1, 0.15) is 23.1 Å². The highest BCUT2D eigenvalue weighted by molar-refractivity contribution is 6.33. The second-order valence-electron chi connectivity index (χ2n) is 6.68. The van der Waals surface area contributed by atoms with Crippen molar-refractivity contribution in [2.75, 3.05) is 26.2 Å². The Balaban J connectivity index is 1.74. The Bertz CT molecular complexity index is 1130. The molecule has 1 fully saturated rings. The largest absolute Gasteiger partial charge is 0.495 e. The number of nitro groups is 1. The number of anilines is 1. The zero-order chi connectivity index (χ0) is 22.3. The van der Waals surface area contributed by atoms with Crippen LogP contribution in [0.25, 0.3) is 0 Å². The fraction of sp³-hybridized carbons (Fsp3) is 0.250. The number of carbonyl (C=O) groups excluding carboxylic acids is 2. The summed E-state index contributed by atoms with van der Waals surface area (Å²) in [5.41, 5.74) is 0.440. The molecule has 0 aliphatic carbocycles. The molecule has 0 spiro atoms. The zero-order valence-electron chi connectivity index (χ0n) is 16.7. The van der Waals surface area contributed by atoms with Crippen molar-refractivity contribution in [2.24, 2.45) is 11.1 Å². The maximum atomic E-state index is 13.3. The van der Waals surface area contributed by atoms with Gasteiger partial charge in [-0.15, -0.1) is 0 Å². The van der Waals surface area contributed by atoms with Crippen molar-refractivity contribution in [3.63, 3.8) is 0 Å².